The first kappa shape index (κ1) is 27.5. The minimum absolute atomic E-state index is 0.0221. The molecule has 0 saturated heterocycles. The smallest absolute Gasteiger partial charge is 0.270 e. The number of carbonyl (C=O) groups is 1. The van der Waals surface area contributed by atoms with E-state index < -0.39 is 4.92 Å². The molecule has 0 unspecified atom stereocenters. The lowest BCUT2D eigenvalue weighted by Gasteiger charge is -2.19. The zero-order chi connectivity index (χ0) is 28.0. The van der Waals surface area contributed by atoms with Crippen molar-refractivity contribution in [2.24, 2.45) is 5.10 Å². The Hall–Kier alpha value is -4.51. The Morgan fingerprint density at radius 1 is 1.10 bits per heavy atom. The molecule has 11 heteroatoms. The van der Waals surface area contributed by atoms with Crippen molar-refractivity contribution in [2.75, 3.05) is 12.9 Å². The third-order valence-corrected chi connectivity index (χ3v) is 6.72. The SMILES string of the molecule is COc1ccc(-n2c(SCC(=O)N/N=C/c3cccc([N+](=O)[O-])c3)nnc2-c2ccc(C(C)(C)C)cc2)cc1. The fourth-order valence-corrected chi connectivity index (χ4v) is 4.44. The maximum absolute atomic E-state index is 12.5. The van der Waals surface area contributed by atoms with Gasteiger partial charge in [-0.05, 0) is 35.2 Å². The average molecular weight is 545 g/mol. The normalized spacial score (nSPS) is 11.5. The lowest BCUT2D eigenvalue weighted by Crippen LogP contribution is -2.20. The van der Waals surface area contributed by atoms with Crippen LogP contribution in [0.2, 0.25) is 0 Å². The third-order valence-electron chi connectivity index (χ3n) is 5.79. The first-order valence-electron chi connectivity index (χ1n) is 12.1. The van der Waals surface area contributed by atoms with Gasteiger partial charge in [-0.3, -0.25) is 19.5 Å². The number of ether oxygens (including phenoxy) is 1. The van der Waals surface area contributed by atoms with Gasteiger partial charge in [0.25, 0.3) is 11.6 Å². The molecule has 0 aliphatic carbocycles. The van der Waals surface area contributed by atoms with E-state index in [1.807, 2.05) is 41.0 Å². The van der Waals surface area contributed by atoms with Gasteiger partial charge in [0.15, 0.2) is 11.0 Å². The number of aromatic nitrogens is 3. The fraction of sp³-hybridized carbons (Fsp3) is 0.214. The van der Waals surface area contributed by atoms with Crippen LogP contribution in [-0.4, -0.2) is 44.7 Å². The molecule has 10 nitrogen and oxygen atoms in total. The Labute approximate surface area is 230 Å². The summed E-state index contributed by atoms with van der Waals surface area (Å²) in [6, 6.07) is 21.7. The molecule has 39 heavy (non-hydrogen) atoms. The van der Waals surface area contributed by atoms with Gasteiger partial charge in [-0.1, -0.05) is 68.9 Å². The summed E-state index contributed by atoms with van der Waals surface area (Å²) < 4.78 is 7.20. The van der Waals surface area contributed by atoms with Crippen molar-refractivity contribution in [3.05, 3.63) is 94.0 Å². The summed E-state index contributed by atoms with van der Waals surface area (Å²) >= 11 is 1.22. The number of carbonyl (C=O) groups excluding carboxylic acids is 1. The van der Waals surface area contributed by atoms with E-state index in [9.17, 15) is 14.9 Å². The highest BCUT2D eigenvalue weighted by atomic mass is 32.2. The van der Waals surface area contributed by atoms with Gasteiger partial charge in [0.1, 0.15) is 5.75 Å². The van der Waals surface area contributed by atoms with Crippen LogP contribution in [0.1, 0.15) is 31.9 Å². The standard InChI is InChI=1S/C28H28N6O4S/c1-28(2,3)21-10-8-20(9-11-21)26-31-32-27(33(26)22-12-14-24(38-4)15-13-22)39-18-25(35)30-29-17-19-6-5-7-23(16-19)34(36)37/h5-17H,18H2,1-4H3,(H,30,35)/b29-17+. The molecule has 3 aromatic carbocycles. The quantitative estimate of drug-likeness (QED) is 0.130. The van der Waals surface area contributed by atoms with Crippen LogP contribution in [0, 0.1) is 10.1 Å². The van der Waals surface area contributed by atoms with E-state index in [4.69, 9.17) is 4.74 Å². The van der Waals surface area contributed by atoms with Gasteiger partial charge < -0.3 is 4.74 Å². The molecule has 0 spiro atoms. The van der Waals surface area contributed by atoms with Crippen LogP contribution in [0.15, 0.2) is 83.1 Å². The van der Waals surface area contributed by atoms with Gasteiger partial charge in [0.05, 0.1) is 24.0 Å². The van der Waals surface area contributed by atoms with Crippen LogP contribution >= 0.6 is 11.8 Å². The van der Waals surface area contributed by atoms with E-state index in [1.165, 1.54) is 35.7 Å². The van der Waals surface area contributed by atoms with E-state index >= 15 is 0 Å². The number of non-ortho nitro benzene ring substituents is 1. The highest BCUT2D eigenvalue weighted by molar-refractivity contribution is 7.99. The highest BCUT2D eigenvalue weighted by Gasteiger charge is 2.19. The van der Waals surface area contributed by atoms with Crippen molar-refractivity contribution >= 4 is 29.6 Å². The van der Waals surface area contributed by atoms with Gasteiger partial charge in [0, 0.05) is 28.9 Å². The van der Waals surface area contributed by atoms with Gasteiger partial charge in [-0.15, -0.1) is 10.2 Å². The Balaban J connectivity index is 1.53. The summed E-state index contributed by atoms with van der Waals surface area (Å²) in [6.07, 6.45) is 1.36. The third kappa shape index (κ3) is 6.88. The van der Waals surface area contributed by atoms with E-state index in [-0.39, 0.29) is 22.8 Å². The zero-order valence-electron chi connectivity index (χ0n) is 22.0. The highest BCUT2D eigenvalue weighted by Crippen LogP contribution is 2.30. The minimum atomic E-state index is -0.487. The second-order valence-electron chi connectivity index (χ2n) is 9.60. The van der Waals surface area contributed by atoms with Crippen molar-refractivity contribution in [1.29, 1.82) is 0 Å². The number of nitrogens with one attached hydrogen (secondary N) is 1. The molecule has 4 rings (SSSR count). The summed E-state index contributed by atoms with van der Waals surface area (Å²) in [5.74, 6) is 1.04. The molecule has 4 aromatic rings. The number of nitro benzene ring substituents is 1. The van der Waals surface area contributed by atoms with E-state index in [1.54, 1.807) is 19.2 Å². The molecule has 0 saturated carbocycles. The molecule has 0 aliphatic heterocycles. The van der Waals surface area contributed by atoms with E-state index in [0.29, 0.717) is 16.5 Å². The van der Waals surface area contributed by atoms with E-state index in [2.05, 4.69) is 53.6 Å². The molecule has 1 aromatic heterocycles. The number of thioether (sulfide) groups is 1. The molecule has 1 N–H and O–H groups in total. The molecule has 1 amide bonds. The van der Waals surface area contributed by atoms with Crippen LogP contribution in [-0.2, 0) is 10.2 Å². The number of methoxy groups -OCH3 is 1. The summed E-state index contributed by atoms with van der Waals surface area (Å²) in [5, 5.41) is 24.2. The summed E-state index contributed by atoms with van der Waals surface area (Å²) in [5.41, 5.74) is 5.84. The number of hydrogen-bond donors (Lipinski definition) is 1. The number of hydrogen-bond acceptors (Lipinski definition) is 8. The number of amides is 1. The van der Waals surface area contributed by atoms with Crippen molar-refractivity contribution in [1.82, 2.24) is 20.2 Å². The van der Waals surface area contributed by atoms with Crippen LogP contribution in [0.3, 0.4) is 0 Å². The molecule has 0 atom stereocenters. The zero-order valence-corrected chi connectivity index (χ0v) is 22.8. The van der Waals surface area contributed by atoms with Gasteiger partial charge in [-0.25, -0.2) is 5.43 Å². The summed E-state index contributed by atoms with van der Waals surface area (Å²) in [4.78, 5) is 22.9. The van der Waals surface area contributed by atoms with Crippen molar-refractivity contribution < 1.29 is 14.5 Å². The second-order valence-corrected chi connectivity index (χ2v) is 10.5. The maximum Gasteiger partial charge on any atom is 0.270 e. The van der Waals surface area contributed by atoms with Crippen LogP contribution < -0.4 is 10.2 Å². The molecule has 0 radical (unpaired) electrons. The lowest BCUT2D eigenvalue weighted by molar-refractivity contribution is -0.384. The Bertz CT molecular complexity index is 1490. The van der Waals surface area contributed by atoms with Crippen molar-refractivity contribution in [2.45, 2.75) is 31.3 Å². The molecule has 200 valence electrons. The first-order valence-corrected chi connectivity index (χ1v) is 13.0. The monoisotopic (exact) mass is 544 g/mol. The molecular formula is C28H28N6O4S. The van der Waals surface area contributed by atoms with Crippen molar-refractivity contribution in [3.8, 4) is 22.8 Å². The van der Waals surface area contributed by atoms with Gasteiger partial charge >= 0.3 is 0 Å². The number of nitrogens with zero attached hydrogens (tertiary/aromatic N) is 5. The lowest BCUT2D eigenvalue weighted by atomic mass is 9.87. The minimum Gasteiger partial charge on any atom is -0.497 e. The van der Waals surface area contributed by atoms with Crippen LogP contribution in [0.25, 0.3) is 17.1 Å². The average Bonchev–Trinajstić information content (AvgIpc) is 3.35. The van der Waals surface area contributed by atoms with Gasteiger partial charge in [0.2, 0.25) is 0 Å². The van der Waals surface area contributed by atoms with Gasteiger partial charge in [-0.2, -0.15) is 5.10 Å². The largest absolute Gasteiger partial charge is 0.497 e. The number of benzene rings is 3. The Morgan fingerprint density at radius 3 is 2.46 bits per heavy atom. The molecule has 0 aliphatic rings. The Kier molecular flexibility index (Phi) is 8.40. The number of nitro groups is 1. The first-order chi connectivity index (χ1) is 18.7. The molecular weight excluding hydrogens is 516 g/mol. The molecule has 0 fully saturated rings. The summed E-state index contributed by atoms with van der Waals surface area (Å²) in [7, 11) is 1.61. The van der Waals surface area contributed by atoms with Crippen molar-refractivity contribution in [3.63, 3.8) is 0 Å². The molecule has 1 heterocycles. The van der Waals surface area contributed by atoms with Crippen LogP contribution in [0.5, 0.6) is 5.75 Å². The summed E-state index contributed by atoms with van der Waals surface area (Å²) in [6.45, 7) is 6.49. The predicted octanol–water partition coefficient (Wildman–Crippen LogP) is 5.39. The Morgan fingerprint density at radius 2 is 1.82 bits per heavy atom. The predicted molar refractivity (Wildman–Crippen MR) is 152 cm³/mol. The maximum atomic E-state index is 12.5. The van der Waals surface area contributed by atoms with Crippen LogP contribution in [0.4, 0.5) is 5.69 Å². The molecule has 0 bridgehead atoms. The topological polar surface area (TPSA) is 125 Å². The number of rotatable bonds is 9. The second kappa shape index (κ2) is 11.9. The number of hydrazone groups is 1. The van der Waals surface area contributed by atoms with E-state index in [0.717, 1.165) is 17.0 Å². The fourth-order valence-electron chi connectivity index (χ4n) is 3.69.